The van der Waals surface area contributed by atoms with Gasteiger partial charge in [-0.1, -0.05) is 11.6 Å². The molecule has 0 saturated heterocycles. The third-order valence-corrected chi connectivity index (χ3v) is 1.61. The van der Waals surface area contributed by atoms with Gasteiger partial charge in [-0.2, -0.15) is 0 Å². The molecule has 0 unspecified atom stereocenters. The number of halogens is 1. The second-order valence-corrected chi connectivity index (χ2v) is 2.47. The Morgan fingerprint density at radius 3 is 3.09 bits per heavy atom. The van der Waals surface area contributed by atoms with Crippen LogP contribution in [-0.4, -0.2) is 4.98 Å². The molecule has 1 N–H and O–H groups in total. The lowest BCUT2D eigenvalue weighted by atomic mass is 10.3. The zero-order valence-electron chi connectivity index (χ0n) is 5.35. The molecule has 1 aromatic carbocycles. The first-order valence-corrected chi connectivity index (χ1v) is 3.33. The average Bonchev–Trinajstić information content (AvgIpc) is 2.31. The van der Waals surface area contributed by atoms with E-state index >= 15 is 0 Å². The smallest absolute Gasteiger partial charge is 0.406 e. The van der Waals surface area contributed by atoms with Gasteiger partial charge in [0.1, 0.15) is 0 Å². The summed E-state index contributed by atoms with van der Waals surface area (Å²) in [6, 6.07) is 5.90. The second kappa shape index (κ2) is 2.13. The summed E-state index contributed by atoms with van der Waals surface area (Å²) in [6.07, 6.45) is 0. The summed E-state index contributed by atoms with van der Waals surface area (Å²) in [5.74, 6) is -0.499. The van der Waals surface area contributed by atoms with Gasteiger partial charge in [0.15, 0.2) is 5.58 Å². The Kier molecular flexibility index (Phi) is 1.26. The monoisotopic (exact) mass is 168 g/mol. The maximum Gasteiger partial charge on any atom is 0.417 e. The third kappa shape index (κ3) is 0.935. The molecule has 0 aliphatic heterocycles. The second-order valence-electron chi connectivity index (χ2n) is 2.06. The van der Waals surface area contributed by atoms with Crippen molar-refractivity contribution in [3.8, 4) is 0 Å². The van der Waals surface area contributed by atoms with Gasteiger partial charge in [0, 0.05) is 0 Å². The van der Waals surface area contributed by atoms with Crippen LogP contribution in [0.3, 0.4) is 0 Å². The third-order valence-electron chi connectivity index (χ3n) is 1.33. The van der Waals surface area contributed by atoms with Gasteiger partial charge in [-0.3, -0.25) is 4.98 Å². The number of benzene rings is 1. The number of aromatic amines is 1. The van der Waals surface area contributed by atoms with E-state index in [0.717, 1.165) is 0 Å². The maximum atomic E-state index is 10.6. The number of aromatic nitrogens is 1. The Balaban J connectivity index is 3.01. The van der Waals surface area contributed by atoms with Gasteiger partial charge in [0.2, 0.25) is 0 Å². The Hall–Kier alpha value is -1.22. The molecule has 11 heavy (non-hydrogen) atoms. The van der Waals surface area contributed by atoms with Crippen LogP contribution in [0.15, 0.2) is 21.3 Å². The molecule has 1 aromatic heterocycles. The fourth-order valence-corrected chi connectivity index (χ4v) is 1.09. The van der Waals surface area contributed by atoms with E-state index in [9.17, 15) is 4.79 Å². The minimum atomic E-state index is -0.499. The molecule has 1 radical (unpaired) electrons. The van der Waals surface area contributed by atoms with Crippen LogP contribution in [0.25, 0.3) is 11.1 Å². The van der Waals surface area contributed by atoms with Crippen LogP contribution in [0, 0.1) is 6.07 Å². The lowest BCUT2D eigenvalue weighted by molar-refractivity contribution is 0.555. The number of hydrogen-bond acceptors (Lipinski definition) is 2. The van der Waals surface area contributed by atoms with Crippen LogP contribution >= 0.6 is 11.6 Å². The molecule has 0 fully saturated rings. The lowest BCUT2D eigenvalue weighted by Gasteiger charge is -1.86. The molecule has 0 amide bonds. The van der Waals surface area contributed by atoms with Crippen molar-refractivity contribution in [3.63, 3.8) is 0 Å². The van der Waals surface area contributed by atoms with Crippen LogP contribution in [0.4, 0.5) is 0 Å². The number of H-pyrrole nitrogens is 1. The summed E-state index contributed by atoms with van der Waals surface area (Å²) in [5, 5.41) is 0.390. The maximum absolute atomic E-state index is 10.6. The molecule has 0 aliphatic carbocycles. The van der Waals surface area contributed by atoms with E-state index < -0.39 is 5.76 Å². The standard InChI is InChI=1S/C7H3ClNO2/c8-4-2-1-3-5-6(4)11-7(10)9-5/h2-3H,(H,9,10). The van der Waals surface area contributed by atoms with Gasteiger partial charge in [0.25, 0.3) is 0 Å². The van der Waals surface area contributed by atoms with E-state index in [-0.39, 0.29) is 0 Å². The van der Waals surface area contributed by atoms with Crippen molar-refractivity contribution in [1.82, 2.24) is 4.98 Å². The summed E-state index contributed by atoms with van der Waals surface area (Å²) >= 11 is 5.69. The molecule has 2 rings (SSSR count). The van der Waals surface area contributed by atoms with E-state index in [2.05, 4.69) is 11.1 Å². The molecule has 3 nitrogen and oxygen atoms in total. The number of nitrogens with one attached hydrogen (secondary N) is 1. The molecule has 2 aromatic rings. The van der Waals surface area contributed by atoms with Gasteiger partial charge in [-0.15, -0.1) is 0 Å². The van der Waals surface area contributed by atoms with Crippen LogP contribution < -0.4 is 5.76 Å². The van der Waals surface area contributed by atoms with E-state index in [1.165, 1.54) is 0 Å². The van der Waals surface area contributed by atoms with Crippen molar-refractivity contribution in [2.24, 2.45) is 0 Å². The summed E-state index contributed by atoms with van der Waals surface area (Å²) in [6.45, 7) is 0. The molecule has 0 atom stereocenters. The van der Waals surface area contributed by atoms with E-state index in [4.69, 9.17) is 16.0 Å². The van der Waals surface area contributed by atoms with Gasteiger partial charge >= 0.3 is 5.76 Å². The number of fused-ring (bicyclic) bond motifs is 1. The highest BCUT2D eigenvalue weighted by atomic mass is 35.5. The predicted molar refractivity (Wildman–Crippen MR) is 40.7 cm³/mol. The first-order valence-electron chi connectivity index (χ1n) is 2.96. The Labute approximate surface area is 66.6 Å². The summed E-state index contributed by atoms with van der Waals surface area (Å²) < 4.78 is 4.74. The van der Waals surface area contributed by atoms with Gasteiger partial charge in [-0.25, -0.2) is 4.79 Å². The average molecular weight is 169 g/mol. The molecular weight excluding hydrogens is 166 g/mol. The van der Waals surface area contributed by atoms with Crippen LogP contribution in [0.2, 0.25) is 5.02 Å². The fraction of sp³-hybridized carbons (Fsp3) is 0. The molecule has 1 heterocycles. The zero-order valence-corrected chi connectivity index (χ0v) is 6.11. The highest BCUT2D eigenvalue weighted by Gasteiger charge is 2.02. The summed E-state index contributed by atoms with van der Waals surface area (Å²) in [7, 11) is 0. The molecule has 4 heteroatoms. The highest BCUT2D eigenvalue weighted by Crippen LogP contribution is 2.19. The predicted octanol–water partition coefficient (Wildman–Crippen LogP) is 1.57. The minimum absolute atomic E-state index is 0.385. The highest BCUT2D eigenvalue weighted by molar-refractivity contribution is 6.34. The normalized spacial score (nSPS) is 10.6. The Bertz CT molecular complexity index is 443. The molecule has 0 bridgehead atoms. The van der Waals surface area contributed by atoms with Gasteiger partial charge in [-0.05, 0) is 18.2 Å². The number of hydrogen-bond donors (Lipinski definition) is 1. The van der Waals surface area contributed by atoms with Crippen molar-refractivity contribution in [2.75, 3.05) is 0 Å². The van der Waals surface area contributed by atoms with Crippen molar-refractivity contribution in [1.29, 1.82) is 0 Å². The molecule has 0 spiro atoms. The van der Waals surface area contributed by atoms with Crippen LogP contribution in [-0.2, 0) is 0 Å². The first-order chi connectivity index (χ1) is 5.27. The van der Waals surface area contributed by atoms with Gasteiger partial charge < -0.3 is 4.42 Å². The van der Waals surface area contributed by atoms with E-state index in [1.54, 1.807) is 12.1 Å². The Morgan fingerprint density at radius 1 is 1.55 bits per heavy atom. The molecule has 55 valence electrons. The van der Waals surface area contributed by atoms with Crippen LogP contribution in [0.5, 0.6) is 0 Å². The molecule has 0 aliphatic rings. The van der Waals surface area contributed by atoms with E-state index in [1.807, 2.05) is 0 Å². The largest absolute Gasteiger partial charge is 0.417 e. The zero-order chi connectivity index (χ0) is 7.84. The van der Waals surface area contributed by atoms with Gasteiger partial charge in [0.05, 0.1) is 10.5 Å². The molecule has 0 saturated carbocycles. The van der Waals surface area contributed by atoms with E-state index in [0.29, 0.717) is 16.1 Å². The van der Waals surface area contributed by atoms with Crippen molar-refractivity contribution in [3.05, 3.63) is 33.8 Å². The number of oxazole rings is 1. The quantitative estimate of drug-likeness (QED) is 0.649. The Morgan fingerprint density at radius 2 is 2.36 bits per heavy atom. The van der Waals surface area contributed by atoms with Crippen LogP contribution in [0.1, 0.15) is 0 Å². The minimum Gasteiger partial charge on any atom is -0.406 e. The lowest BCUT2D eigenvalue weighted by Crippen LogP contribution is -1.92. The summed E-state index contributed by atoms with van der Waals surface area (Å²) in [5.41, 5.74) is 0.956. The van der Waals surface area contributed by atoms with Crippen molar-refractivity contribution >= 4 is 22.7 Å². The molecular formula is C7H3ClNO2. The van der Waals surface area contributed by atoms with Crippen molar-refractivity contribution < 1.29 is 4.42 Å². The fourth-order valence-electron chi connectivity index (χ4n) is 0.883. The van der Waals surface area contributed by atoms with Crippen molar-refractivity contribution in [2.45, 2.75) is 0 Å². The SMILES string of the molecule is O=c1[nH]c2c[c]cc(Cl)c2o1. The topological polar surface area (TPSA) is 46.0 Å². The summed E-state index contributed by atoms with van der Waals surface area (Å²) in [4.78, 5) is 13.1. The number of rotatable bonds is 0. The first kappa shape index (κ1) is 6.49.